The van der Waals surface area contributed by atoms with Gasteiger partial charge in [0.15, 0.2) is 0 Å². The molecule has 1 aliphatic heterocycles. The Hall–Kier alpha value is -1.85. The van der Waals surface area contributed by atoms with Crippen LogP contribution in [-0.2, 0) is 16.0 Å². The zero-order valence-electron chi connectivity index (χ0n) is 14.4. The highest BCUT2D eigenvalue weighted by molar-refractivity contribution is 7.10. The maximum atomic E-state index is 12.7. The van der Waals surface area contributed by atoms with Gasteiger partial charge in [-0.2, -0.15) is 0 Å². The first-order chi connectivity index (χ1) is 12.6. The van der Waals surface area contributed by atoms with E-state index in [1.54, 1.807) is 17.4 Å². The van der Waals surface area contributed by atoms with Crippen LogP contribution in [0.3, 0.4) is 0 Å². The third-order valence-electron chi connectivity index (χ3n) is 5.26. The Bertz CT molecular complexity index is 800. The van der Waals surface area contributed by atoms with Crippen LogP contribution in [0.1, 0.15) is 22.8 Å². The molecule has 1 aromatic heterocycles. The van der Waals surface area contributed by atoms with Gasteiger partial charge in [0, 0.05) is 47.9 Å². The number of rotatable bonds is 4. The van der Waals surface area contributed by atoms with Crippen LogP contribution in [-0.4, -0.2) is 47.8 Å². The molecule has 2 aromatic rings. The normalized spacial score (nSPS) is 22.3. The molecule has 0 spiro atoms. The molecular formula is C20H21ClN2O2S. The van der Waals surface area contributed by atoms with Crippen LogP contribution in [0, 0.1) is 5.92 Å². The fourth-order valence-electron chi connectivity index (χ4n) is 3.61. The summed E-state index contributed by atoms with van der Waals surface area (Å²) in [4.78, 5) is 30.3. The molecule has 0 N–H and O–H groups in total. The standard InChI is InChI=1S/C20H21ClN2O2S/c21-17-5-2-1-4-14(17)12-19(24)22-7-9-23(10-8-22)20(25)16-13-15(16)18-6-3-11-26-18/h1-6,11,15-16H,7-10,12-13H2/t15-,16-/m0/s1. The summed E-state index contributed by atoms with van der Waals surface area (Å²) in [6, 6.07) is 11.6. The molecule has 0 bridgehead atoms. The molecule has 4 nitrogen and oxygen atoms in total. The van der Waals surface area contributed by atoms with Gasteiger partial charge in [-0.05, 0) is 29.5 Å². The molecule has 26 heavy (non-hydrogen) atoms. The molecule has 1 aliphatic carbocycles. The number of amides is 2. The van der Waals surface area contributed by atoms with Crippen LogP contribution in [0.5, 0.6) is 0 Å². The van der Waals surface area contributed by atoms with Gasteiger partial charge in [0.05, 0.1) is 6.42 Å². The number of carbonyl (C=O) groups is 2. The second kappa shape index (κ2) is 7.41. The van der Waals surface area contributed by atoms with Crippen molar-refractivity contribution >= 4 is 34.8 Å². The highest BCUT2D eigenvalue weighted by Gasteiger charge is 2.46. The van der Waals surface area contributed by atoms with Gasteiger partial charge in [0.25, 0.3) is 0 Å². The van der Waals surface area contributed by atoms with Crippen LogP contribution < -0.4 is 0 Å². The first kappa shape index (κ1) is 17.6. The fraction of sp³-hybridized carbons (Fsp3) is 0.400. The SMILES string of the molecule is O=C(Cc1ccccc1Cl)N1CCN(C(=O)[C@H]2C[C@@H]2c2cccs2)CC1. The highest BCUT2D eigenvalue weighted by atomic mass is 35.5. The van der Waals surface area contributed by atoms with E-state index in [-0.39, 0.29) is 17.7 Å². The molecule has 2 amide bonds. The molecule has 136 valence electrons. The first-order valence-corrected chi connectivity index (χ1v) is 10.2. The van der Waals surface area contributed by atoms with E-state index in [1.807, 2.05) is 34.1 Å². The van der Waals surface area contributed by atoms with Crippen molar-refractivity contribution < 1.29 is 9.59 Å². The number of thiophene rings is 1. The summed E-state index contributed by atoms with van der Waals surface area (Å²) in [7, 11) is 0. The van der Waals surface area contributed by atoms with E-state index in [0.717, 1.165) is 12.0 Å². The van der Waals surface area contributed by atoms with Gasteiger partial charge in [-0.1, -0.05) is 35.9 Å². The number of piperazine rings is 1. The molecule has 1 saturated carbocycles. The van der Waals surface area contributed by atoms with Crippen LogP contribution in [0.4, 0.5) is 0 Å². The average molecular weight is 389 g/mol. The van der Waals surface area contributed by atoms with Crippen LogP contribution in [0.25, 0.3) is 0 Å². The fourth-order valence-corrected chi connectivity index (χ4v) is 4.72. The molecule has 1 aromatic carbocycles. The molecule has 2 heterocycles. The Kier molecular flexibility index (Phi) is 5.00. The molecule has 2 aliphatic rings. The van der Waals surface area contributed by atoms with Gasteiger partial charge in [-0.25, -0.2) is 0 Å². The minimum atomic E-state index is 0.0769. The third-order valence-corrected chi connectivity index (χ3v) is 6.63. The first-order valence-electron chi connectivity index (χ1n) is 8.97. The minimum absolute atomic E-state index is 0.0769. The summed E-state index contributed by atoms with van der Waals surface area (Å²) < 4.78 is 0. The van der Waals surface area contributed by atoms with Crippen molar-refractivity contribution in [3.8, 4) is 0 Å². The quantitative estimate of drug-likeness (QED) is 0.805. The van der Waals surface area contributed by atoms with Crippen molar-refractivity contribution in [1.29, 1.82) is 0 Å². The Morgan fingerprint density at radius 1 is 1.04 bits per heavy atom. The number of hydrogen-bond donors (Lipinski definition) is 0. The van der Waals surface area contributed by atoms with Gasteiger partial charge in [-0.3, -0.25) is 9.59 Å². The topological polar surface area (TPSA) is 40.6 Å². The molecular weight excluding hydrogens is 368 g/mol. The second-order valence-electron chi connectivity index (χ2n) is 6.94. The smallest absolute Gasteiger partial charge is 0.227 e. The maximum Gasteiger partial charge on any atom is 0.227 e. The predicted octanol–water partition coefficient (Wildman–Crippen LogP) is 3.42. The van der Waals surface area contributed by atoms with E-state index in [0.29, 0.717) is 43.5 Å². The molecule has 4 rings (SSSR count). The van der Waals surface area contributed by atoms with E-state index < -0.39 is 0 Å². The summed E-state index contributed by atoms with van der Waals surface area (Å²) in [6.07, 6.45) is 1.28. The lowest BCUT2D eigenvalue weighted by molar-refractivity contribution is -0.140. The molecule has 6 heteroatoms. The molecule has 2 atom stereocenters. The Morgan fingerprint density at radius 2 is 1.77 bits per heavy atom. The van der Waals surface area contributed by atoms with Crippen molar-refractivity contribution in [1.82, 2.24) is 9.80 Å². The van der Waals surface area contributed by atoms with Crippen LogP contribution in [0.2, 0.25) is 5.02 Å². The van der Waals surface area contributed by atoms with Crippen molar-refractivity contribution in [3.63, 3.8) is 0 Å². The minimum Gasteiger partial charge on any atom is -0.339 e. The molecule has 2 fully saturated rings. The van der Waals surface area contributed by atoms with E-state index in [1.165, 1.54) is 4.88 Å². The van der Waals surface area contributed by atoms with Crippen molar-refractivity contribution in [3.05, 3.63) is 57.2 Å². The second-order valence-corrected chi connectivity index (χ2v) is 8.32. The lowest BCUT2D eigenvalue weighted by Gasteiger charge is -2.35. The van der Waals surface area contributed by atoms with Crippen molar-refractivity contribution in [2.75, 3.05) is 26.2 Å². The summed E-state index contributed by atoms with van der Waals surface area (Å²) >= 11 is 7.88. The summed E-state index contributed by atoms with van der Waals surface area (Å²) in [5.41, 5.74) is 0.856. The monoisotopic (exact) mass is 388 g/mol. The lowest BCUT2D eigenvalue weighted by Crippen LogP contribution is -2.51. The van der Waals surface area contributed by atoms with Crippen molar-refractivity contribution in [2.45, 2.75) is 18.8 Å². The summed E-state index contributed by atoms with van der Waals surface area (Å²) in [5.74, 6) is 0.871. The third kappa shape index (κ3) is 3.64. The van der Waals surface area contributed by atoms with Gasteiger partial charge >= 0.3 is 0 Å². The van der Waals surface area contributed by atoms with E-state index in [2.05, 4.69) is 11.4 Å². The Morgan fingerprint density at radius 3 is 2.46 bits per heavy atom. The molecule has 0 radical (unpaired) electrons. The van der Waals surface area contributed by atoms with Gasteiger partial charge in [-0.15, -0.1) is 11.3 Å². The number of nitrogens with zero attached hydrogens (tertiary/aromatic N) is 2. The number of hydrogen-bond acceptors (Lipinski definition) is 3. The Balaban J connectivity index is 1.28. The van der Waals surface area contributed by atoms with Crippen LogP contribution >= 0.6 is 22.9 Å². The zero-order chi connectivity index (χ0) is 18.1. The lowest BCUT2D eigenvalue weighted by atomic mass is 10.1. The van der Waals surface area contributed by atoms with Gasteiger partial charge in [0.2, 0.25) is 11.8 Å². The summed E-state index contributed by atoms with van der Waals surface area (Å²) in [5, 5.41) is 2.70. The zero-order valence-corrected chi connectivity index (χ0v) is 16.0. The number of carbonyl (C=O) groups excluding carboxylic acids is 2. The van der Waals surface area contributed by atoms with Crippen molar-refractivity contribution in [2.24, 2.45) is 5.92 Å². The van der Waals surface area contributed by atoms with Crippen LogP contribution in [0.15, 0.2) is 41.8 Å². The largest absolute Gasteiger partial charge is 0.339 e. The summed E-state index contributed by atoms with van der Waals surface area (Å²) in [6.45, 7) is 2.46. The van der Waals surface area contributed by atoms with Gasteiger partial charge in [0.1, 0.15) is 0 Å². The molecule has 0 unspecified atom stereocenters. The van der Waals surface area contributed by atoms with Gasteiger partial charge < -0.3 is 9.80 Å². The van der Waals surface area contributed by atoms with E-state index >= 15 is 0 Å². The highest BCUT2D eigenvalue weighted by Crippen LogP contribution is 2.50. The predicted molar refractivity (Wildman–Crippen MR) is 103 cm³/mol. The molecule has 1 saturated heterocycles. The number of benzene rings is 1. The maximum absolute atomic E-state index is 12.7. The average Bonchev–Trinajstić information content (AvgIpc) is 3.27. The Labute approximate surface area is 162 Å². The number of halogens is 1. The van der Waals surface area contributed by atoms with E-state index in [9.17, 15) is 9.59 Å². The van der Waals surface area contributed by atoms with E-state index in [4.69, 9.17) is 11.6 Å².